The maximum absolute atomic E-state index is 12.6. The summed E-state index contributed by atoms with van der Waals surface area (Å²) in [5, 5.41) is 3.45. The highest BCUT2D eigenvalue weighted by Gasteiger charge is 2.52. The summed E-state index contributed by atoms with van der Waals surface area (Å²) in [7, 11) is 0. The molecule has 2 atom stereocenters. The first-order chi connectivity index (χ1) is 9.81. The molecule has 4 nitrogen and oxygen atoms in total. The summed E-state index contributed by atoms with van der Waals surface area (Å²) < 4.78 is 11.4. The van der Waals surface area contributed by atoms with Crippen molar-refractivity contribution in [2.75, 3.05) is 13.2 Å². The molecule has 0 radical (unpaired) electrons. The van der Waals surface area contributed by atoms with Gasteiger partial charge < -0.3 is 9.47 Å². The van der Waals surface area contributed by atoms with Crippen molar-refractivity contribution in [3.05, 3.63) is 0 Å². The number of carbonyl (C=O) groups excluding carboxylic acids is 1. The SMILES string of the molecule is CCOC(=O)C(COC(C)CC(C)C)(NC(C)C)C1CC1. The van der Waals surface area contributed by atoms with Crippen molar-refractivity contribution in [1.29, 1.82) is 0 Å². The van der Waals surface area contributed by atoms with Crippen LogP contribution >= 0.6 is 0 Å². The maximum Gasteiger partial charge on any atom is 0.329 e. The summed E-state index contributed by atoms with van der Waals surface area (Å²) in [5.74, 6) is 0.777. The lowest BCUT2D eigenvalue weighted by atomic mass is 9.92. The molecule has 0 aromatic rings. The lowest BCUT2D eigenvalue weighted by molar-refractivity contribution is -0.157. The van der Waals surface area contributed by atoms with Crippen LogP contribution in [0.4, 0.5) is 0 Å². The second-order valence-electron chi connectivity index (χ2n) is 7.02. The Balaban J connectivity index is 2.76. The summed E-state index contributed by atoms with van der Waals surface area (Å²) in [4.78, 5) is 12.6. The van der Waals surface area contributed by atoms with E-state index in [1.165, 1.54) is 0 Å². The van der Waals surface area contributed by atoms with Gasteiger partial charge >= 0.3 is 5.97 Å². The fourth-order valence-corrected chi connectivity index (χ4v) is 2.92. The van der Waals surface area contributed by atoms with Crippen molar-refractivity contribution in [2.24, 2.45) is 11.8 Å². The Morgan fingerprint density at radius 3 is 2.29 bits per heavy atom. The number of nitrogens with one attached hydrogen (secondary N) is 1. The Morgan fingerprint density at radius 1 is 1.24 bits per heavy atom. The lowest BCUT2D eigenvalue weighted by Crippen LogP contribution is -2.60. The predicted molar refractivity (Wildman–Crippen MR) is 85.2 cm³/mol. The van der Waals surface area contributed by atoms with Crippen LogP contribution in [0.25, 0.3) is 0 Å². The molecule has 0 saturated heterocycles. The largest absolute Gasteiger partial charge is 0.465 e. The zero-order valence-corrected chi connectivity index (χ0v) is 14.6. The number of carbonyl (C=O) groups is 1. The minimum atomic E-state index is -0.671. The molecule has 1 N–H and O–H groups in total. The molecule has 1 saturated carbocycles. The van der Waals surface area contributed by atoms with Gasteiger partial charge in [-0.15, -0.1) is 0 Å². The van der Waals surface area contributed by atoms with Gasteiger partial charge in [0.2, 0.25) is 0 Å². The predicted octanol–water partition coefficient (Wildman–Crippen LogP) is 3.15. The van der Waals surface area contributed by atoms with Crippen LogP contribution in [-0.2, 0) is 14.3 Å². The van der Waals surface area contributed by atoms with Crippen LogP contribution in [0.1, 0.15) is 60.8 Å². The summed E-state index contributed by atoms with van der Waals surface area (Å²) in [6.45, 7) is 13.3. The quantitative estimate of drug-likeness (QED) is 0.630. The third-order valence-corrected chi connectivity index (χ3v) is 3.86. The molecule has 1 fully saturated rings. The molecule has 0 aromatic heterocycles. The molecular weight excluding hydrogens is 266 g/mol. The van der Waals surface area contributed by atoms with E-state index in [0.29, 0.717) is 25.0 Å². The van der Waals surface area contributed by atoms with Gasteiger partial charge in [-0.25, -0.2) is 4.79 Å². The summed E-state index contributed by atoms with van der Waals surface area (Å²) in [5.41, 5.74) is -0.671. The Labute approximate surface area is 130 Å². The van der Waals surface area contributed by atoms with E-state index < -0.39 is 5.54 Å². The Bertz CT molecular complexity index is 326. The number of rotatable bonds is 10. The highest BCUT2D eigenvalue weighted by molar-refractivity contribution is 5.82. The van der Waals surface area contributed by atoms with Gasteiger partial charge in [0, 0.05) is 6.04 Å². The number of ether oxygens (including phenoxy) is 2. The number of hydrogen-bond acceptors (Lipinski definition) is 4. The van der Waals surface area contributed by atoms with Crippen molar-refractivity contribution >= 4 is 5.97 Å². The van der Waals surface area contributed by atoms with E-state index in [1.54, 1.807) is 0 Å². The molecule has 4 heteroatoms. The van der Waals surface area contributed by atoms with Crippen molar-refractivity contribution in [3.8, 4) is 0 Å². The second-order valence-corrected chi connectivity index (χ2v) is 7.02. The maximum atomic E-state index is 12.6. The van der Waals surface area contributed by atoms with Gasteiger partial charge in [-0.05, 0) is 58.8 Å². The van der Waals surface area contributed by atoms with E-state index in [2.05, 4.69) is 39.9 Å². The molecule has 0 amide bonds. The monoisotopic (exact) mass is 299 g/mol. The van der Waals surface area contributed by atoms with Crippen LogP contribution in [-0.4, -0.2) is 36.9 Å². The third kappa shape index (κ3) is 5.59. The van der Waals surface area contributed by atoms with Gasteiger partial charge in [-0.1, -0.05) is 13.8 Å². The van der Waals surface area contributed by atoms with Gasteiger partial charge in [0.1, 0.15) is 5.54 Å². The van der Waals surface area contributed by atoms with Gasteiger partial charge in [0.05, 0.1) is 19.3 Å². The Kier molecular flexibility index (Phi) is 7.14. The molecule has 1 rings (SSSR count). The van der Waals surface area contributed by atoms with Crippen LogP contribution in [0.2, 0.25) is 0 Å². The summed E-state index contributed by atoms with van der Waals surface area (Å²) in [6.07, 6.45) is 3.30. The Hall–Kier alpha value is -0.610. The normalized spacial score (nSPS) is 19.6. The van der Waals surface area contributed by atoms with E-state index in [9.17, 15) is 4.79 Å². The molecular formula is C17H33NO3. The molecule has 124 valence electrons. The van der Waals surface area contributed by atoms with Gasteiger partial charge in [0.25, 0.3) is 0 Å². The van der Waals surface area contributed by atoms with Gasteiger partial charge in [-0.3, -0.25) is 5.32 Å². The minimum Gasteiger partial charge on any atom is -0.465 e. The van der Waals surface area contributed by atoms with E-state index >= 15 is 0 Å². The fraction of sp³-hybridized carbons (Fsp3) is 0.941. The van der Waals surface area contributed by atoms with Crippen LogP contribution in [0, 0.1) is 11.8 Å². The fourth-order valence-electron chi connectivity index (χ4n) is 2.92. The average molecular weight is 299 g/mol. The van der Waals surface area contributed by atoms with Crippen LogP contribution in [0.15, 0.2) is 0 Å². The van der Waals surface area contributed by atoms with Crippen molar-refractivity contribution in [1.82, 2.24) is 5.32 Å². The average Bonchev–Trinajstić information content (AvgIpc) is 3.17. The van der Waals surface area contributed by atoms with Crippen molar-refractivity contribution in [3.63, 3.8) is 0 Å². The van der Waals surface area contributed by atoms with Crippen LogP contribution in [0.3, 0.4) is 0 Å². The molecule has 1 aliphatic carbocycles. The first kappa shape index (κ1) is 18.4. The highest BCUT2D eigenvalue weighted by atomic mass is 16.5. The van der Waals surface area contributed by atoms with E-state index in [4.69, 9.17) is 9.47 Å². The first-order valence-electron chi connectivity index (χ1n) is 8.38. The minimum absolute atomic E-state index is 0.155. The smallest absolute Gasteiger partial charge is 0.329 e. The van der Waals surface area contributed by atoms with Gasteiger partial charge in [-0.2, -0.15) is 0 Å². The molecule has 21 heavy (non-hydrogen) atoms. The Morgan fingerprint density at radius 2 is 1.86 bits per heavy atom. The van der Waals surface area contributed by atoms with Crippen molar-refractivity contribution < 1.29 is 14.3 Å². The molecule has 0 aliphatic heterocycles. The summed E-state index contributed by atoms with van der Waals surface area (Å²) in [6, 6.07) is 0.221. The molecule has 2 unspecified atom stereocenters. The molecule has 0 aromatic carbocycles. The topological polar surface area (TPSA) is 47.6 Å². The molecule has 0 heterocycles. The molecule has 1 aliphatic rings. The third-order valence-electron chi connectivity index (χ3n) is 3.86. The first-order valence-corrected chi connectivity index (χ1v) is 8.38. The summed E-state index contributed by atoms with van der Waals surface area (Å²) >= 11 is 0. The lowest BCUT2D eigenvalue weighted by Gasteiger charge is -2.35. The standard InChI is InChI=1S/C17H33NO3/c1-7-20-16(19)17(15-8-9-15,18-13(4)5)11-21-14(6)10-12(2)3/h12-15,18H,7-11H2,1-6H3. The van der Waals surface area contributed by atoms with E-state index in [-0.39, 0.29) is 18.1 Å². The number of hydrogen-bond donors (Lipinski definition) is 1. The molecule has 0 spiro atoms. The zero-order chi connectivity index (χ0) is 16.0. The van der Waals surface area contributed by atoms with Crippen molar-refractivity contribution in [2.45, 2.75) is 78.5 Å². The van der Waals surface area contributed by atoms with Crippen LogP contribution < -0.4 is 5.32 Å². The van der Waals surface area contributed by atoms with Crippen LogP contribution in [0.5, 0.6) is 0 Å². The zero-order valence-electron chi connectivity index (χ0n) is 14.6. The highest BCUT2D eigenvalue weighted by Crippen LogP contribution is 2.41. The molecule has 0 bridgehead atoms. The van der Waals surface area contributed by atoms with E-state index in [1.807, 2.05) is 6.92 Å². The number of esters is 1. The van der Waals surface area contributed by atoms with E-state index in [0.717, 1.165) is 19.3 Å². The van der Waals surface area contributed by atoms with Gasteiger partial charge in [0.15, 0.2) is 0 Å². The second kappa shape index (κ2) is 8.14.